The molecule has 0 spiro atoms. The van der Waals surface area contributed by atoms with Crippen molar-refractivity contribution in [1.29, 1.82) is 0 Å². The zero-order valence-corrected chi connectivity index (χ0v) is 14.9. The van der Waals surface area contributed by atoms with Crippen LogP contribution < -0.4 is 14.8 Å². The number of nitrogens with zero attached hydrogens (tertiary/aromatic N) is 1. The van der Waals surface area contributed by atoms with Gasteiger partial charge in [0.1, 0.15) is 5.76 Å². The molecule has 9 nitrogen and oxygen atoms in total. The molecule has 2 amide bonds. The van der Waals surface area contributed by atoms with Crippen molar-refractivity contribution in [2.24, 2.45) is 5.92 Å². The number of nitrogens with one attached hydrogen (secondary N) is 1. The van der Waals surface area contributed by atoms with Crippen LogP contribution in [-0.2, 0) is 25.7 Å². The van der Waals surface area contributed by atoms with E-state index in [-0.39, 0.29) is 25.7 Å². The molecule has 28 heavy (non-hydrogen) atoms. The van der Waals surface area contributed by atoms with Crippen molar-refractivity contribution in [3.63, 3.8) is 0 Å². The van der Waals surface area contributed by atoms with E-state index in [0.29, 0.717) is 29.5 Å². The fourth-order valence-corrected chi connectivity index (χ4v) is 3.10. The summed E-state index contributed by atoms with van der Waals surface area (Å²) in [6.45, 7) is 0.250. The molecule has 1 saturated heterocycles. The second-order valence-electron chi connectivity index (χ2n) is 6.48. The molecule has 1 fully saturated rings. The molecule has 1 aromatic carbocycles. The largest absolute Gasteiger partial charge is 0.467 e. The molecule has 4 rings (SSSR count). The van der Waals surface area contributed by atoms with Crippen molar-refractivity contribution in [3.05, 3.63) is 42.4 Å². The monoisotopic (exact) mass is 386 g/mol. The molecule has 0 aliphatic carbocycles. The molecule has 2 aliphatic heterocycles. The lowest BCUT2D eigenvalue weighted by atomic mass is 10.1. The summed E-state index contributed by atoms with van der Waals surface area (Å²) in [7, 11) is 0. The second-order valence-corrected chi connectivity index (χ2v) is 6.48. The van der Waals surface area contributed by atoms with E-state index in [1.165, 1.54) is 11.2 Å². The maximum atomic E-state index is 12.2. The summed E-state index contributed by atoms with van der Waals surface area (Å²) in [5.74, 6) is -0.0140. The number of anilines is 1. The number of benzene rings is 1. The van der Waals surface area contributed by atoms with Gasteiger partial charge < -0.3 is 28.8 Å². The number of hydrogen-bond acceptors (Lipinski definition) is 7. The van der Waals surface area contributed by atoms with Crippen LogP contribution in [0.3, 0.4) is 0 Å². The van der Waals surface area contributed by atoms with Gasteiger partial charge in [-0.2, -0.15) is 0 Å². The Morgan fingerprint density at radius 1 is 1.21 bits per heavy atom. The molecule has 9 heteroatoms. The summed E-state index contributed by atoms with van der Waals surface area (Å²) in [5, 5.41) is 2.62. The molecule has 1 atom stereocenters. The van der Waals surface area contributed by atoms with E-state index in [2.05, 4.69) is 5.32 Å². The Balaban J connectivity index is 1.25. The first kappa shape index (κ1) is 17.9. The molecule has 1 N–H and O–H groups in total. The highest BCUT2D eigenvalue weighted by molar-refractivity contribution is 5.94. The van der Waals surface area contributed by atoms with Crippen LogP contribution in [0.1, 0.15) is 12.2 Å². The van der Waals surface area contributed by atoms with Crippen LogP contribution in [0, 0.1) is 5.92 Å². The average molecular weight is 386 g/mol. The topological polar surface area (TPSA) is 107 Å². The Hall–Kier alpha value is -3.49. The minimum atomic E-state index is -0.596. The number of fused-ring (bicyclic) bond motifs is 1. The zero-order valence-electron chi connectivity index (χ0n) is 14.9. The fourth-order valence-electron chi connectivity index (χ4n) is 3.10. The van der Waals surface area contributed by atoms with Crippen LogP contribution in [0.15, 0.2) is 41.0 Å². The third-order valence-electron chi connectivity index (χ3n) is 4.48. The number of carbonyl (C=O) groups excluding carboxylic acids is 3. The van der Waals surface area contributed by atoms with Crippen LogP contribution in [-0.4, -0.2) is 42.6 Å². The van der Waals surface area contributed by atoms with E-state index in [4.69, 9.17) is 18.6 Å². The number of carbonyl (C=O) groups is 3. The van der Waals surface area contributed by atoms with E-state index in [0.717, 1.165) is 0 Å². The summed E-state index contributed by atoms with van der Waals surface area (Å²) in [6.07, 6.45) is 1.59. The third kappa shape index (κ3) is 3.93. The lowest BCUT2D eigenvalue weighted by Gasteiger charge is -2.14. The molecule has 0 bridgehead atoms. The number of esters is 1. The van der Waals surface area contributed by atoms with Gasteiger partial charge in [0.2, 0.25) is 12.7 Å². The lowest BCUT2D eigenvalue weighted by molar-refractivity contribution is -0.151. The van der Waals surface area contributed by atoms with E-state index in [1.807, 2.05) is 0 Å². The Morgan fingerprint density at radius 2 is 2.07 bits per heavy atom. The highest BCUT2D eigenvalue weighted by Crippen LogP contribution is 2.34. The predicted molar refractivity (Wildman–Crippen MR) is 94.4 cm³/mol. The second kappa shape index (κ2) is 7.63. The van der Waals surface area contributed by atoms with Crippen molar-refractivity contribution >= 4 is 23.5 Å². The van der Waals surface area contributed by atoms with Crippen molar-refractivity contribution in [3.8, 4) is 11.5 Å². The van der Waals surface area contributed by atoms with E-state index >= 15 is 0 Å². The molecular weight excluding hydrogens is 368 g/mol. The maximum Gasteiger partial charge on any atom is 0.311 e. The van der Waals surface area contributed by atoms with Crippen LogP contribution >= 0.6 is 0 Å². The van der Waals surface area contributed by atoms with Gasteiger partial charge in [-0.25, -0.2) is 0 Å². The van der Waals surface area contributed by atoms with Crippen LogP contribution in [0.4, 0.5) is 5.69 Å². The van der Waals surface area contributed by atoms with Crippen molar-refractivity contribution in [2.75, 3.05) is 25.3 Å². The predicted octanol–water partition coefficient (Wildman–Crippen LogP) is 1.54. The van der Waals surface area contributed by atoms with Crippen LogP contribution in [0.2, 0.25) is 0 Å². The Bertz CT molecular complexity index is 894. The van der Waals surface area contributed by atoms with E-state index in [9.17, 15) is 14.4 Å². The molecule has 3 heterocycles. The van der Waals surface area contributed by atoms with E-state index < -0.39 is 24.4 Å². The van der Waals surface area contributed by atoms with Crippen molar-refractivity contribution in [2.45, 2.75) is 13.0 Å². The Kier molecular flexibility index (Phi) is 4.88. The number of hydrogen-bond donors (Lipinski definition) is 1. The molecular formula is C19H18N2O7. The van der Waals surface area contributed by atoms with Gasteiger partial charge in [0.25, 0.3) is 5.91 Å². The van der Waals surface area contributed by atoms with Gasteiger partial charge in [0, 0.05) is 24.7 Å². The summed E-state index contributed by atoms with van der Waals surface area (Å²) in [4.78, 5) is 37.8. The number of ether oxygens (including phenoxy) is 3. The number of amides is 2. The van der Waals surface area contributed by atoms with Crippen LogP contribution in [0.5, 0.6) is 11.5 Å². The van der Waals surface area contributed by atoms with Crippen molar-refractivity contribution < 1.29 is 33.0 Å². The van der Waals surface area contributed by atoms with Gasteiger partial charge in [-0.15, -0.1) is 0 Å². The molecule has 2 aromatic rings. The first-order valence-corrected chi connectivity index (χ1v) is 8.75. The molecule has 0 saturated carbocycles. The van der Waals surface area contributed by atoms with Gasteiger partial charge >= 0.3 is 5.97 Å². The van der Waals surface area contributed by atoms with Gasteiger partial charge in [-0.3, -0.25) is 14.4 Å². The molecule has 146 valence electrons. The first-order chi connectivity index (χ1) is 13.6. The third-order valence-corrected chi connectivity index (χ3v) is 4.48. The Labute approximate surface area is 160 Å². The lowest BCUT2D eigenvalue weighted by Crippen LogP contribution is -2.28. The summed E-state index contributed by atoms with van der Waals surface area (Å²) >= 11 is 0. The summed E-state index contributed by atoms with van der Waals surface area (Å²) in [5.41, 5.74) is 0.506. The number of likely N-dealkylation sites (tertiary alicyclic amines) is 1. The van der Waals surface area contributed by atoms with Crippen molar-refractivity contribution in [1.82, 2.24) is 4.90 Å². The van der Waals surface area contributed by atoms with E-state index in [1.54, 1.807) is 30.3 Å². The quantitative estimate of drug-likeness (QED) is 0.751. The molecule has 1 aromatic heterocycles. The number of rotatable bonds is 6. The highest BCUT2D eigenvalue weighted by atomic mass is 16.7. The first-order valence-electron chi connectivity index (χ1n) is 8.75. The highest BCUT2D eigenvalue weighted by Gasteiger charge is 2.35. The fraction of sp³-hybridized carbons (Fsp3) is 0.316. The standard InChI is InChI=1S/C19H18N2O7/c22-17(20-13-3-4-15-16(7-13)28-11-27-15)10-26-19(24)12-6-18(23)21(8-12)9-14-2-1-5-25-14/h1-5,7,12H,6,8-11H2,(H,20,22). The van der Waals surface area contributed by atoms with Crippen LogP contribution in [0.25, 0.3) is 0 Å². The van der Waals surface area contributed by atoms with Gasteiger partial charge in [0.15, 0.2) is 18.1 Å². The number of furan rings is 1. The van der Waals surface area contributed by atoms with Gasteiger partial charge in [-0.05, 0) is 24.3 Å². The molecule has 2 aliphatic rings. The summed E-state index contributed by atoms with van der Waals surface area (Å²) < 4.78 is 20.7. The molecule has 1 unspecified atom stereocenters. The minimum absolute atomic E-state index is 0.0589. The minimum Gasteiger partial charge on any atom is -0.467 e. The SMILES string of the molecule is O=C(COC(=O)C1CC(=O)N(Cc2ccco2)C1)Nc1ccc2c(c1)OCO2. The smallest absolute Gasteiger partial charge is 0.311 e. The van der Waals surface area contributed by atoms with Gasteiger partial charge in [0.05, 0.1) is 18.7 Å². The summed E-state index contributed by atoms with van der Waals surface area (Å²) in [6, 6.07) is 8.47. The molecule has 0 radical (unpaired) electrons. The normalized spacial score (nSPS) is 17.6. The zero-order chi connectivity index (χ0) is 19.5. The maximum absolute atomic E-state index is 12.2. The van der Waals surface area contributed by atoms with Gasteiger partial charge in [-0.1, -0.05) is 0 Å². The Morgan fingerprint density at radius 3 is 2.89 bits per heavy atom. The average Bonchev–Trinajstić information content (AvgIpc) is 3.42.